The number of benzene rings is 1. The summed E-state index contributed by atoms with van der Waals surface area (Å²) in [5.74, 6) is 2.03. The zero-order valence-corrected chi connectivity index (χ0v) is 14.0. The van der Waals surface area contributed by atoms with Gasteiger partial charge in [0, 0.05) is 30.8 Å². The van der Waals surface area contributed by atoms with Crippen molar-refractivity contribution in [1.82, 2.24) is 0 Å². The molecule has 1 atom stereocenters. The van der Waals surface area contributed by atoms with E-state index >= 15 is 0 Å². The second-order valence-electron chi connectivity index (χ2n) is 5.28. The summed E-state index contributed by atoms with van der Waals surface area (Å²) in [6.07, 6.45) is 3.90. The third-order valence-corrected chi connectivity index (χ3v) is 4.88. The van der Waals surface area contributed by atoms with Crippen LogP contribution in [0.4, 0.5) is 0 Å². The van der Waals surface area contributed by atoms with E-state index in [4.69, 9.17) is 14.3 Å². The minimum Gasteiger partial charge on any atom is -0.460 e. The predicted molar refractivity (Wildman–Crippen MR) is 90.2 cm³/mol. The van der Waals surface area contributed by atoms with Gasteiger partial charge in [-0.1, -0.05) is 30.3 Å². The first kappa shape index (κ1) is 15.1. The van der Waals surface area contributed by atoms with Crippen molar-refractivity contribution in [2.75, 3.05) is 13.2 Å². The van der Waals surface area contributed by atoms with Gasteiger partial charge in [0.1, 0.15) is 11.5 Å². The Morgan fingerprint density at radius 2 is 2.10 bits per heavy atom. The number of aliphatic hydroxyl groups is 1. The maximum atomic E-state index is 8.90. The first-order valence-corrected chi connectivity index (χ1v) is 8.48. The third-order valence-electron chi connectivity index (χ3n) is 3.81. The normalized spacial score (nSPS) is 17.7. The number of halogens is 1. The number of fused-ring (bicyclic) bond motifs is 1. The van der Waals surface area contributed by atoms with E-state index in [0.717, 1.165) is 36.3 Å². The number of rotatable bonds is 5. The van der Waals surface area contributed by atoms with Gasteiger partial charge in [0.2, 0.25) is 0 Å². The molecule has 0 saturated heterocycles. The maximum Gasteiger partial charge on any atom is 0.147 e. The van der Waals surface area contributed by atoms with Crippen molar-refractivity contribution in [3.8, 4) is 11.3 Å². The van der Waals surface area contributed by atoms with Crippen molar-refractivity contribution in [3.63, 3.8) is 0 Å². The summed E-state index contributed by atoms with van der Waals surface area (Å²) >= 11 is 2.38. The van der Waals surface area contributed by atoms with E-state index in [1.165, 1.54) is 9.13 Å². The molecule has 112 valence electrons. The Balaban J connectivity index is 1.90. The lowest BCUT2D eigenvalue weighted by atomic mass is 9.95. The van der Waals surface area contributed by atoms with Crippen LogP contribution in [-0.4, -0.2) is 18.3 Å². The molecule has 0 spiro atoms. The topological polar surface area (TPSA) is 42.6 Å². The molecular formula is C17H19IO3. The summed E-state index contributed by atoms with van der Waals surface area (Å²) in [6.45, 7) is 0.778. The number of hydrogen-bond acceptors (Lipinski definition) is 3. The van der Waals surface area contributed by atoms with Gasteiger partial charge in [-0.05, 0) is 41.9 Å². The molecule has 3 nitrogen and oxygen atoms in total. The van der Waals surface area contributed by atoms with E-state index in [0.29, 0.717) is 13.0 Å². The van der Waals surface area contributed by atoms with Crippen LogP contribution in [0, 0.1) is 3.57 Å². The van der Waals surface area contributed by atoms with E-state index < -0.39 is 0 Å². The van der Waals surface area contributed by atoms with E-state index in [-0.39, 0.29) is 12.7 Å². The lowest BCUT2D eigenvalue weighted by Gasteiger charge is -2.22. The monoisotopic (exact) mass is 398 g/mol. The fourth-order valence-corrected chi connectivity index (χ4v) is 3.87. The molecule has 1 aromatic carbocycles. The van der Waals surface area contributed by atoms with Crippen LogP contribution in [0.15, 0.2) is 34.7 Å². The minimum absolute atomic E-state index is 0.105. The molecule has 1 aliphatic rings. The van der Waals surface area contributed by atoms with Crippen LogP contribution in [0.1, 0.15) is 36.7 Å². The first-order chi connectivity index (χ1) is 10.3. The SMILES string of the molecule is OCCCOC1CCCc2oc(-c3ccccc3)c(I)c21. The molecule has 4 heteroatoms. The number of ether oxygens (including phenoxy) is 1. The molecule has 0 aliphatic heterocycles. The molecule has 1 N–H and O–H groups in total. The fraction of sp³-hybridized carbons (Fsp3) is 0.412. The summed E-state index contributed by atoms with van der Waals surface area (Å²) in [5, 5.41) is 8.90. The quantitative estimate of drug-likeness (QED) is 0.603. The summed E-state index contributed by atoms with van der Waals surface area (Å²) < 4.78 is 13.2. The van der Waals surface area contributed by atoms with Gasteiger partial charge in [-0.2, -0.15) is 0 Å². The molecule has 3 rings (SSSR count). The lowest BCUT2D eigenvalue weighted by molar-refractivity contribution is 0.0306. The maximum absolute atomic E-state index is 8.90. The number of aryl methyl sites for hydroxylation is 1. The molecule has 0 radical (unpaired) electrons. The van der Waals surface area contributed by atoms with Gasteiger partial charge in [-0.25, -0.2) is 0 Å². The average molecular weight is 398 g/mol. The predicted octanol–water partition coefficient (Wildman–Crippen LogP) is 4.33. The van der Waals surface area contributed by atoms with Crippen LogP contribution in [0.3, 0.4) is 0 Å². The minimum atomic E-state index is 0.105. The van der Waals surface area contributed by atoms with Gasteiger partial charge in [0.25, 0.3) is 0 Å². The molecule has 0 amide bonds. The smallest absolute Gasteiger partial charge is 0.147 e. The van der Waals surface area contributed by atoms with Gasteiger partial charge in [-0.3, -0.25) is 0 Å². The highest BCUT2D eigenvalue weighted by Gasteiger charge is 2.29. The molecule has 1 aromatic heterocycles. The largest absolute Gasteiger partial charge is 0.460 e. The Labute approximate surface area is 138 Å². The van der Waals surface area contributed by atoms with E-state index in [1.54, 1.807) is 0 Å². The van der Waals surface area contributed by atoms with Crippen LogP contribution in [0.2, 0.25) is 0 Å². The van der Waals surface area contributed by atoms with Crippen LogP contribution in [0.5, 0.6) is 0 Å². The number of hydrogen-bond donors (Lipinski definition) is 1. The zero-order chi connectivity index (χ0) is 14.7. The van der Waals surface area contributed by atoms with Crippen LogP contribution < -0.4 is 0 Å². The Kier molecular flexibility index (Phi) is 4.98. The van der Waals surface area contributed by atoms with Gasteiger partial charge in [0.15, 0.2) is 0 Å². The third kappa shape index (κ3) is 3.17. The molecule has 0 bridgehead atoms. The standard InChI is InChI=1S/C17H19IO3/c18-16-15-13(20-11-5-10-19)8-4-9-14(15)21-17(16)12-6-2-1-3-7-12/h1-3,6-7,13,19H,4-5,8-11H2. The molecule has 1 unspecified atom stereocenters. The summed E-state index contributed by atoms with van der Waals surface area (Å²) in [4.78, 5) is 0. The van der Waals surface area contributed by atoms with Crippen molar-refractivity contribution in [1.29, 1.82) is 0 Å². The van der Waals surface area contributed by atoms with Crippen molar-refractivity contribution >= 4 is 22.6 Å². The van der Waals surface area contributed by atoms with Crippen molar-refractivity contribution in [2.24, 2.45) is 0 Å². The average Bonchev–Trinajstić information content (AvgIpc) is 2.86. The Morgan fingerprint density at radius 3 is 2.86 bits per heavy atom. The highest BCUT2D eigenvalue weighted by atomic mass is 127. The van der Waals surface area contributed by atoms with Crippen molar-refractivity contribution in [2.45, 2.75) is 31.8 Å². The molecule has 21 heavy (non-hydrogen) atoms. The molecule has 1 aliphatic carbocycles. The fourth-order valence-electron chi connectivity index (χ4n) is 2.80. The lowest BCUT2D eigenvalue weighted by Crippen LogP contribution is -2.13. The van der Waals surface area contributed by atoms with E-state index in [9.17, 15) is 0 Å². The van der Waals surface area contributed by atoms with Crippen LogP contribution >= 0.6 is 22.6 Å². The zero-order valence-electron chi connectivity index (χ0n) is 11.8. The van der Waals surface area contributed by atoms with Crippen molar-refractivity contribution in [3.05, 3.63) is 45.2 Å². The van der Waals surface area contributed by atoms with Gasteiger partial charge >= 0.3 is 0 Å². The first-order valence-electron chi connectivity index (χ1n) is 7.40. The van der Waals surface area contributed by atoms with E-state index in [1.807, 2.05) is 18.2 Å². The van der Waals surface area contributed by atoms with Gasteiger partial charge in [-0.15, -0.1) is 0 Å². The second-order valence-corrected chi connectivity index (χ2v) is 6.36. The molecular weight excluding hydrogens is 379 g/mol. The van der Waals surface area contributed by atoms with Crippen LogP contribution in [-0.2, 0) is 11.2 Å². The highest BCUT2D eigenvalue weighted by Crippen LogP contribution is 2.42. The summed E-state index contributed by atoms with van der Waals surface area (Å²) in [7, 11) is 0. The van der Waals surface area contributed by atoms with E-state index in [2.05, 4.69) is 34.7 Å². The summed E-state index contributed by atoms with van der Waals surface area (Å²) in [6, 6.07) is 10.2. The Hall–Kier alpha value is -0.850. The Bertz CT molecular complexity index is 592. The highest BCUT2D eigenvalue weighted by molar-refractivity contribution is 14.1. The van der Waals surface area contributed by atoms with Gasteiger partial charge in [0.05, 0.1) is 9.67 Å². The number of aliphatic hydroxyl groups excluding tert-OH is 1. The van der Waals surface area contributed by atoms with Crippen molar-refractivity contribution < 1.29 is 14.3 Å². The Morgan fingerprint density at radius 1 is 1.29 bits per heavy atom. The number of furan rings is 1. The van der Waals surface area contributed by atoms with Gasteiger partial charge < -0.3 is 14.3 Å². The molecule has 2 aromatic rings. The molecule has 0 fully saturated rings. The summed E-state index contributed by atoms with van der Waals surface area (Å²) in [5.41, 5.74) is 2.34. The van der Waals surface area contributed by atoms with Crippen LogP contribution in [0.25, 0.3) is 11.3 Å². The second kappa shape index (κ2) is 6.94. The molecule has 1 heterocycles. The molecule has 0 saturated carbocycles.